The molecule has 8 heteroatoms. The third-order valence-corrected chi connectivity index (χ3v) is 3.38. The molecule has 2 aromatic rings. The van der Waals surface area contributed by atoms with Gasteiger partial charge in [-0.2, -0.15) is 18.3 Å². The van der Waals surface area contributed by atoms with Crippen LogP contribution in [0.25, 0.3) is 11.1 Å². The monoisotopic (exact) mass is 387 g/mol. The predicted molar refractivity (Wildman–Crippen MR) is 85.7 cm³/mol. The highest BCUT2D eigenvalue weighted by molar-refractivity contribution is 9.09. The smallest absolute Gasteiger partial charge is 0.416 e. The molecule has 4 nitrogen and oxygen atoms in total. The molecule has 0 aliphatic rings. The molecule has 0 fully saturated rings. The second-order valence-corrected chi connectivity index (χ2v) is 4.92. The second kappa shape index (κ2) is 6.99. The van der Waals surface area contributed by atoms with Gasteiger partial charge in [-0.25, -0.2) is 4.68 Å². The standard InChI is InChI=1S/C15H13BrF3N3O/c1-20-22-7-3-4-12(14(22)21-9-16)11-6-5-10(15(17,18)19)8-13(11)23-2/h3-8H,1,9H2,2H3. The first-order valence-electron chi connectivity index (χ1n) is 6.43. The molecule has 0 bridgehead atoms. The SMILES string of the molecule is C=Nn1cccc(-c2ccc(C(F)(F)F)cc2OC)c1=NCBr. The molecular weight excluding hydrogens is 375 g/mol. The number of nitrogens with zero attached hydrogens (tertiary/aromatic N) is 3. The summed E-state index contributed by atoms with van der Waals surface area (Å²) >= 11 is 3.21. The molecule has 0 saturated carbocycles. The van der Waals surface area contributed by atoms with Crippen molar-refractivity contribution in [3.8, 4) is 16.9 Å². The van der Waals surface area contributed by atoms with Crippen molar-refractivity contribution in [2.24, 2.45) is 10.1 Å². The zero-order valence-corrected chi connectivity index (χ0v) is 13.7. The van der Waals surface area contributed by atoms with Gasteiger partial charge in [0.2, 0.25) is 0 Å². The molecule has 0 radical (unpaired) electrons. The van der Waals surface area contributed by atoms with E-state index in [2.05, 4.69) is 32.7 Å². The molecule has 0 N–H and O–H groups in total. The van der Waals surface area contributed by atoms with Crippen molar-refractivity contribution in [2.75, 3.05) is 12.6 Å². The van der Waals surface area contributed by atoms with Crippen LogP contribution in [0.2, 0.25) is 0 Å². The number of hydrogen-bond acceptors (Lipinski definition) is 3. The molecule has 122 valence electrons. The van der Waals surface area contributed by atoms with E-state index in [0.717, 1.165) is 12.1 Å². The van der Waals surface area contributed by atoms with Crippen LogP contribution in [0.5, 0.6) is 5.75 Å². The minimum Gasteiger partial charge on any atom is -0.496 e. The molecule has 0 saturated heterocycles. The van der Waals surface area contributed by atoms with Crippen LogP contribution in [0.3, 0.4) is 0 Å². The fourth-order valence-electron chi connectivity index (χ4n) is 2.12. The second-order valence-electron chi connectivity index (χ2n) is 4.42. The topological polar surface area (TPSA) is 38.9 Å². The number of pyridine rings is 1. The van der Waals surface area contributed by atoms with Crippen molar-refractivity contribution in [3.05, 3.63) is 47.6 Å². The van der Waals surface area contributed by atoms with Gasteiger partial charge in [0.05, 0.1) is 18.1 Å². The Kier molecular flexibility index (Phi) is 5.25. The Bertz CT molecular complexity index is 784. The molecule has 0 amide bonds. The third-order valence-electron chi connectivity index (χ3n) is 3.13. The van der Waals surface area contributed by atoms with Crippen molar-refractivity contribution in [3.63, 3.8) is 0 Å². The minimum atomic E-state index is -4.44. The van der Waals surface area contributed by atoms with Crippen LogP contribution in [0.15, 0.2) is 46.6 Å². The van der Waals surface area contributed by atoms with Crippen LogP contribution in [0.4, 0.5) is 13.2 Å². The van der Waals surface area contributed by atoms with Crippen LogP contribution >= 0.6 is 15.9 Å². The van der Waals surface area contributed by atoms with E-state index in [-0.39, 0.29) is 5.75 Å². The van der Waals surface area contributed by atoms with E-state index in [1.54, 1.807) is 18.3 Å². The third kappa shape index (κ3) is 3.64. The summed E-state index contributed by atoms with van der Waals surface area (Å²) in [5.74, 6) is 0.104. The van der Waals surface area contributed by atoms with Crippen molar-refractivity contribution < 1.29 is 17.9 Å². The van der Waals surface area contributed by atoms with Crippen molar-refractivity contribution >= 4 is 22.6 Å². The Morgan fingerprint density at radius 3 is 2.57 bits per heavy atom. The van der Waals surface area contributed by atoms with E-state index in [0.29, 0.717) is 22.1 Å². The molecule has 0 spiro atoms. The van der Waals surface area contributed by atoms with E-state index in [1.807, 2.05) is 0 Å². The summed E-state index contributed by atoms with van der Waals surface area (Å²) < 4.78 is 45.1. The minimum absolute atomic E-state index is 0.104. The first kappa shape index (κ1) is 17.3. The molecule has 1 aromatic heterocycles. The van der Waals surface area contributed by atoms with Crippen molar-refractivity contribution in [2.45, 2.75) is 6.18 Å². The predicted octanol–water partition coefficient (Wildman–Crippen LogP) is 3.90. The molecule has 0 aliphatic heterocycles. The van der Waals surface area contributed by atoms with Crippen LogP contribution in [-0.2, 0) is 6.18 Å². The lowest BCUT2D eigenvalue weighted by molar-refractivity contribution is -0.137. The molecule has 0 aliphatic carbocycles. The molecule has 0 atom stereocenters. The van der Waals surface area contributed by atoms with Gasteiger partial charge in [0.15, 0.2) is 5.49 Å². The van der Waals surface area contributed by atoms with Gasteiger partial charge in [0.1, 0.15) is 5.75 Å². The van der Waals surface area contributed by atoms with Gasteiger partial charge >= 0.3 is 6.18 Å². The van der Waals surface area contributed by atoms with Crippen LogP contribution in [-0.4, -0.2) is 24.0 Å². The highest BCUT2D eigenvalue weighted by atomic mass is 79.9. The maximum absolute atomic E-state index is 12.8. The van der Waals surface area contributed by atoms with Crippen LogP contribution in [0, 0.1) is 0 Å². The molecule has 1 aromatic carbocycles. The average Bonchev–Trinajstić information content (AvgIpc) is 2.54. The Balaban J connectivity index is 2.73. The summed E-state index contributed by atoms with van der Waals surface area (Å²) in [6, 6.07) is 6.76. The first-order valence-corrected chi connectivity index (χ1v) is 7.55. The van der Waals surface area contributed by atoms with Gasteiger partial charge in [-0.05, 0) is 30.3 Å². The lowest BCUT2D eigenvalue weighted by atomic mass is 10.0. The number of hydrogen-bond donors (Lipinski definition) is 0. The van der Waals surface area contributed by atoms with Gasteiger partial charge in [-0.1, -0.05) is 15.9 Å². The zero-order valence-electron chi connectivity index (χ0n) is 12.1. The van der Waals surface area contributed by atoms with Gasteiger partial charge in [-0.15, -0.1) is 0 Å². The quantitative estimate of drug-likeness (QED) is 0.445. The largest absolute Gasteiger partial charge is 0.496 e. The lowest BCUT2D eigenvalue weighted by Gasteiger charge is -2.14. The zero-order chi connectivity index (χ0) is 17.0. The summed E-state index contributed by atoms with van der Waals surface area (Å²) in [5.41, 5.74) is 1.06. The molecule has 0 unspecified atom stereocenters. The fraction of sp³-hybridized carbons (Fsp3) is 0.200. The maximum Gasteiger partial charge on any atom is 0.416 e. The number of methoxy groups -OCH3 is 1. The summed E-state index contributed by atoms with van der Waals surface area (Å²) in [6.07, 6.45) is -2.79. The summed E-state index contributed by atoms with van der Waals surface area (Å²) in [5, 5.41) is 3.82. The Morgan fingerprint density at radius 2 is 2.00 bits per heavy atom. The highest BCUT2D eigenvalue weighted by Gasteiger charge is 2.31. The fourth-order valence-corrected chi connectivity index (χ4v) is 2.36. The number of benzene rings is 1. The molecule has 1 heterocycles. The van der Waals surface area contributed by atoms with E-state index in [4.69, 9.17) is 4.74 Å². The summed E-state index contributed by atoms with van der Waals surface area (Å²) in [6.45, 7) is 3.46. The van der Waals surface area contributed by atoms with Crippen LogP contribution < -0.4 is 10.2 Å². The summed E-state index contributed by atoms with van der Waals surface area (Å²) in [4.78, 5) is 4.27. The number of alkyl halides is 4. The Labute approximate surface area is 139 Å². The first-order chi connectivity index (χ1) is 10.9. The number of aromatic nitrogens is 1. The number of rotatable bonds is 4. The normalized spacial score (nSPS) is 12.3. The van der Waals surface area contributed by atoms with Gasteiger partial charge in [-0.3, -0.25) is 4.99 Å². The molecular formula is C15H13BrF3N3O. The van der Waals surface area contributed by atoms with Crippen molar-refractivity contribution in [1.29, 1.82) is 0 Å². The Hall–Kier alpha value is -2.09. The lowest BCUT2D eigenvalue weighted by Crippen LogP contribution is -2.19. The Morgan fingerprint density at radius 1 is 1.26 bits per heavy atom. The average molecular weight is 388 g/mol. The number of halogens is 4. The summed E-state index contributed by atoms with van der Waals surface area (Å²) in [7, 11) is 1.32. The van der Waals surface area contributed by atoms with Crippen LogP contribution in [0.1, 0.15) is 5.56 Å². The highest BCUT2D eigenvalue weighted by Crippen LogP contribution is 2.36. The van der Waals surface area contributed by atoms with E-state index in [9.17, 15) is 13.2 Å². The maximum atomic E-state index is 12.8. The van der Waals surface area contributed by atoms with Gasteiger partial charge < -0.3 is 4.74 Å². The number of ether oxygens (including phenoxy) is 1. The molecule has 23 heavy (non-hydrogen) atoms. The van der Waals surface area contributed by atoms with E-state index in [1.165, 1.54) is 17.9 Å². The van der Waals surface area contributed by atoms with E-state index < -0.39 is 11.7 Å². The van der Waals surface area contributed by atoms with Gasteiger partial charge in [0.25, 0.3) is 0 Å². The van der Waals surface area contributed by atoms with E-state index >= 15 is 0 Å². The molecule has 2 rings (SSSR count). The van der Waals surface area contributed by atoms with Gasteiger partial charge in [0, 0.05) is 24.0 Å². The van der Waals surface area contributed by atoms with Crippen molar-refractivity contribution in [1.82, 2.24) is 4.68 Å².